The monoisotopic (exact) mass is 396 g/mol. The molecule has 26 heavy (non-hydrogen) atoms. The number of carbonyl (C=O) groups is 1. The third-order valence-electron chi connectivity index (χ3n) is 3.79. The highest BCUT2D eigenvalue weighted by atomic mass is 35.5. The number of carbonyl (C=O) groups excluding carboxylic acids is 1. The molecule has 0 saturated carbocycles. The molecule has 1 amide bonds. The minimum Gasteiger partial charge on any atom is -0.496 e. The van der Waals surface area contributed by atoms with Crippen LogP contribution in [0.2, 0.25) is 5.02 Å². The first kappa shape index (κ1) is 20.6. The zero-order valence-corrected chi connectivity index (χ0v) is 17.2. The lowest BCUT2D eigenvalue weighted by Gasteiger charge is -2.12. The highest BCUT2D eigenvalue weighted by Gasteiger charge is 2.14. The van der Waals surface area contributed by atoms with Crippen LogP contribution in [0.4, 0.5) is 0 Å². The molecule has 0 saturated heterocycles. The van der Waals surface area contributed by atoms with Gasteiger partial charge < -0.3 is 14.6 Å². The molecule has 142 valence electrons. The van der Waals surface area contributed by atoms with Gasteiger partial charge in [-0.25, -0.2) is 0 Å². The van der Waals surface area contributed by atoms with E-state index in [1.165, 1.54) is 7.11 Å². The van der Waals surface area contributed by atoms with Crippen LogP contribution in [0.25, 0.3) is 0 Å². The van der Waals surface area contributed by atoms with Crippen molar-refractivity contribution in [3.8, 4) is 5.75 Å². The molecule has 8 heteroatoms. The van der Waals surface area contributed by atoms with Crippen molar-refractivity contribution in [1.82, 2.24) is 20.1 Å². The maximum Gasteiger partial charge on any atom is 0.255 e. The van der Waals surface area contributed by atoms with E-state index in [4.69, 9.17) is 16.3 Å². The second-order valence-electron chi connectivity index (χ2n) is 6.31. The van der Waals surface area contributed by atoms with Gasteiger partial charge in [0.2, 0.25) is 0 Å². The Bertz CT molecular complexity index is 749. The number of aromatic nitrogens is 3. The Kier molecular flexibility index (Phi) is 7.78. The van der Waals surface area contributed by atoms with Crippen LogP contribution in [0.3, 0.4) is 0 Å². The van der Waals surface area contributed by atoms with Crippen molar-refractivity contribution in [2.45, 2.75) is 38.4 Å². The summed E-state index contributed by atoms with van der Waals surface area (Å²) in [6.07, 6.45) is 3.54. The highest BCUT2D eigenvalue weighted by molar-refractivity contribution is 7.98. The lowest BCUT2D eigenvalue weighted by molar-refractivity contribution is 0.0950. The molecule has 6 nitrogen and oxygen atoms in total. The average molecular weight is 397 g/mol. The molecule has 0 unspecified atom stereocenters. The van der Waals surface area contributed by atoms with E-state index in [9.17, 15) is 4.79 Å². The Balaban J connectivity index is 1.92. The minimum atomic E-state index is -0.196. The third kappa shape index (κ3) is 5.38. The van der Waals surface area contributed by atoms with Crippen LogP contribution in [-0.4, -0.2) is 40.6 Å². The van der Waals surface area contributed by atoms with Crippen molar-refractivity contribution < 1.29 is 9.53 Å². The highest BCUT2D eigenvalue weighted by Crippen LogP contribution is 2.22. The number of halogens is 1. The largest absolute Gasteiger partial charge is 0.496 e. The summed E-state index contributed by atoms with van der Waals surface area (Å²) in [5.41, 5.74) is 0.438. The summed E-state index contributed by atoms with van der Waals surface area (Å²) in [5.74, 6) is 1.79. The van der Waals surface area contributed by atoms with E-state index in [2.05, 4.69) is 33.9 Å². The molecule has 0 aliphatic heterocycles. The first-order valence-electron chi connectivity index (χ1n) is 8.54. The average Bonchev–Trinajstić information content (AvgIpc) is 2.99. The predicted octanol–water partition coefficient (Wildman–Crippen LogP) is 3.68. The van der Waals surface area contributed by atoms with E-state index in [1.54, 1.807) is 30.0 Å². The van der Waals surface area contributed by atoms with E-state index in [0.717, 1.165) is 30.4 Å². The summed E-state index contributed by atoms with van der Waals surface area (Å²) in [6, 6.07) is 5.00. The maximum atomic E-state index is 12.4. The lowest BCUT2D eigenvalue weighted by Crippen LogP contribution is -2.25. The molecule has 0 atom stereocenters. The molecule has 2 rings (SSSR count). The van der Waals surface area contributed by atoms with Crippen LogP contribution in [-0.2, 0) is 13.0 Å². The smallest absolute Gasteiger partial charge is 0.255 e. The van der Waals surface area contributed by atoms with Crippen LogP contribution in [0.5, 0.6) is 5.75 Å². The van der Waals surface area contributed by atoms with Crippen molar-refractivity contribution in [1.29, 1.82) is 0 Å². The van der Waals surface area contributed by atoms with E-state index < -0.39 is 0 Å². The van der Waals surface area contributed by atoms with Crippen LogP contribution in [0, 0.1) is 5.92 Å². The quantitative estimate of drug-likeness (QED) is 0.517. The normalized spacial score (nSPS) is 11.0. The van der Waals surface area contributed by atoms with Crippen LogP contribution < -0.4 is 10.1 Å². The summed E-state index contributed by atoms with van der Waals surface area (Å²) in [6.45, 7) is 5.78. The number of thioether (sulfide) groups is 1. The summed E-state index contributed by atoms with van der Waals surface area (Å²) in [5, 5.41) is 12.9. The molecule has 2 aromatic rings. The Morgan fingerprint density at radius 3 is 2.81 bits per heavy atom. The standard InChI is InChI=1S/C18H25ClN4O2S/c1-12(2)11-23-16(21-22-18(23)26-4)6-5-9-20-17(24)14-10-13(19)7-8-15(14)25-3/h7-8,10,12H,5-6,9,11H2,1-4H3,(H,20,24). The van der Waals surface area contributed by atoms with E-state index in [1.807, 2.05) is 6.26 Å². The van der Waals surface area contributed by atoms with Crippen LogP contribution in [0.15, 0.2) is 23.4 Å². The zero-order chi connectivity index (χ0) is 19.1. The second-order valence-corrected chi connectivity index (χ2v) is 7.52. The van der Waals surface area contributed by atoms with Gasteiger partial charge in [0.05, 0.1) is 12.7 Å². The molecule has 1 heterocycles. The zero-order valence-electron chi connectivity index (χ0n) is 15.6. The maximum absolute atomic E-state index is 12.4. The Morgan fingerprint density at radius 1 is 1.38 bits per heavy atom. The van der Waals surface area contributed by atoms with Crippen molar-refractivity contribution in [2.24, 2.45) is 5.92 Å². The topological polar surface area (TPSA) is 69.0 Å². The number of ether oxygens (including phenoxy) is 1. The first-order valence-corrected chi connectivity index (χ1v) is 10.1. The molecular formula is C18H25ClN4O2S. The van der Waals surface area contributed by atoms with Gasteiger partial charge >= 0.3 is 0 Å². The molecule has 0 fully saturated rings. The summed E-state index contributed by atoms with van der Waals surface area (Å²) < 4.78 is 7.39. The van der Waals surface area contributed by atoms with E-state index in [0.29, 0.717) is 28.8 Å². The summed E-state index contributed by atoms with van der Waals surface area (Å²) in [4.78, 5) is 12.4. The molecule has 1 aromatic heterocycles. The van der Waals surface area contributed by atoms with Gasteiger partial charge in [0, 0.05) is 24.5 Å². The Morgan fingerprint density at radius 2 is 2.15 bits per heavy atom. The molecule has 1 N–H and O–H groups in total. The molecule has 0 bridgehead atoms. The van der Waals surface area contributed by atoms with Crippen molar-refractivity contribution >= 4 is 29.3 Å². The molecule has 0 aliphatic carbocycles. The van der Waals surface area contributed by atoms with Gasteiger partial charge in [-0.1, -0.05) is 37.2 Å². The number of methoxy groups -OCH3 is 1. The molecule has 1 aromatic carbocycles. The SMILES string of the molecule is COc1ccc(Cl)cc1C(=O)NCCCc1nnc(SC)n1CC(C)C. The van der Waals surface area contributed by atoms with Gasteiger partial charge in [0.15, 0.2) is 5.16 Å². The third-order valence-corrected chi connectivity index (χ3v) is 4.69. The molecule has 0 radical (unpaired) electrons. The number of rotatable bonds is 9. The first-order chi connectivity index (χ1) is 12.5. The minimum absolute atomic E-state index is 0.196. The van der Waals surface area contributed by atoms with Crippen LogP contribution >= 0.6 is 23.4 Å². The fourth-order valence-corrected chi connectivity index (χ4v) is 3.30. The number of amides is 1. The fraction of sp³-hybridized carbons (Fsp3) is 0.500. The summed E-state index contributed by atoms with van der Waals surface area (Å²) in [7, 11) is 1.53. The number of nitrogens with zero attached hydrogens (tertiary/aromatic N) is 3. The number of hydrogen-bond donors (Lipinski definition) is 1. The van der Waals surface area contributed by atoms with Crippen molar-refractivity contribution in [2.75, 3.05) is 19.9 Å². The second kappa shape index (κ2) is 9.83. The Hall–Kier alpha value is -1.73. The molecular weight excluding hydrogens is 372 g/mol. The number of hydrogen-bond acceptors (Lipinski definition) is 5. The number of nitrogens with one attached hydrogen (secondary N) is 1. The molecule has 0 spiro atoms. The van der Waals surface area contributed by atoms with Gasteiger partial charge in [-0.2, -0.15) is 0 Å². The van der Waals surface area contributed by atoms with Crippen LogP contribution in [0.1, 0.15) is 36.5 Å². The predicted molar refractivity (Wildman–Crippen MR) is 105 cm³/mol. The van der Waals surface area contributed by atoms with Crippen molar-refractivity contribution in [3.05, 3.63) is 34.6 Å². The van der Waals surface area contributed by atoms with Gasteiger partial charge in [-0.15, -0.1) is 10.2 Å². The number of benzene rings is 1. The molecule has 0 aliphatic rings. The van der Waals surface area contributed by atoms with Gasteiger partial charge in [0.1, 0.15) is 11.6 Å². The van der Waals surface area contributed by atoms with E-state index >= 15 is 0 Å². The lowest BCUT2D eigenvalue weighted by atomic mass is 10.2. The fourth-order valence-electron chi connectivity index (χ4n) is 2.60. The summed E-state index contributed by atoms with van der Waals surface area (Å²) >= 11 is 7.58. The Labute approximate surface area is 163 Å². The van der Waals surface area contributed by atoms with Gasteiger partial charge in [-0.05, 0) is 36.8 Å². The van der Waals surface area contributed by atoms with Gasteiger partial charge in [-0.3, -0.25) is 4.79 Å². The van der Waals surface area contributed by atoms with E-state index in [-0.39, 0.29) is 5.91 Å². The van der Waals surface area contributed by atoms with Gasteiger partial charge in [0.25, 0.3) is 5.91 Å². The number of aryl methyl sites for hydroxylation is 1. The van der Waals surface area contributed by atoms with Crippen molar-refractivity contribution in [3.63, 3.8) is 0 Å².